The normalized spacial score (nSPS) is 14.3. The van der Waals surface area contributed by atoms with Crippen molar-refractivity contribution in [1.82, 2.24) is 14.6 Å². The Hall–Kier alpha value is -1.58. The molecule has 0 amide bonds. The molecule has 0 unspecified atom stereocenters. The lowest BCUT2D eigenvalue weighted by Crippen LogP contribution is -2.37. The Labute approximate surface area is 95.9 Å². The van der Waals surface area contributed by atoms with Gasteiger partial charge in [0.15, 0.2) is 5.65 Å². The maximum absolute atomic E-state index is 4.54. The molecule has 0 atom stereocenters. The molecule has 0 aliphatic carbocycles. The number of hydrogen-bond donors (Lipinski definition) is 0. The lowest BCUT2D eigenvalue weighted by Gasteiger charge is -2.31. The first-order chi connectivity index (χ1) is 7.84. The van der Waals surface area contributed by atoms with Gasteiger partial charge in [0.2, 0.25) is 0 Å². The van der Waals surface area contributed by atoms with Crippen LogP contribution in [0.15, 0.2) is 18.3 Å². The van der Waals surface area contributed by atoms with E-state index >= 15 is 0 Å². The Morgan fingerprint density at radius 1 is 1.19 bits per heavy atom. The molecule has 0 aromatic carbocycles. The molecule has 0 radical (unpaired) electrons. The molecule has 1 aliphatic heterocycles. The van der Waals surface area contributed by atoms with Crippen LogP contribution in [0.2, 0.25) is 0 Å². The second-order valence-electron chi connectivity index (χ2n) is 3.70. The predicted octanol–water partition coefficient (Wildman–Crippen LogP) is 2.27. The van der Waals surface area contributed by atoms with Gasteiger partial charge >= 0.3 is 0 Å². The van der Waals surface area contributed by atoms with Crippen molar-refractivity contribution < 1.29 is 0 Å². The van der Waals surface area contributed by atoms with Gasteiger partial charge in [-0.3, -0.25) is 0 Å². The molecule has 16 heavy (non-hydrogen) atoms. The molecule has 0 bridgehead atoms. The van der Waals surface area contributed by atoms with Gasteiger partial charge < -0.3 is 4.90 Å². The zero-order valence-electron chi connectivity index (χ0n) is 10.1. The minimum absolute atomic E-state index is 0.923. The van der Waals surface area contributed by atoms with Gasteiger partial charge in [-0.05, 0) is 25.5 Å². The summed E-state index contributed by atoms with van der Waals surface area (Å²) in [5.41, 5.74) is 2.01. The summed E-state index contributed by atoms with van der Waals surface area (Å²) in [6.07, 6.45) is 3.13. The topological polar surface area (TPSA) is 33.4 Å². The Kier molecular flexibility index (Phi) is 3.08. The standard InChI is InChI=1S/C10H12N4.C2H6/c1-8-7-11-9-3-4-10(12-14(8)9)13-5-2-6-13;1-2/h3-4,7H,2,5-6H2,1H3;1-2H3. The van der Waals surface area contributed by atoms with Crippen molar-refractivity contribution in [2.24, 2.45) is 0 Å². The van der Waals surface area contributed by atoms with Gasteiger partial charge in [-0.2, -0.15) is 0 Å². The molecule has 86 valence electrons. The second-order valence-corrected chi connectivity index (χ2v) is 3.70. The summed E-state index contributed by atoms with van der Waals surface area (Å²) in [6, 6.07) is 4.06. The zero-order chi connectivity index (χ0) is 11.5. The molecule has 4 heteroatoms. The van der Waals surface area contributed by atoms with E-state index in [0.717, 1.165) is 30.2 Å². The lowest BCUT2D eigenvalue weighted by atomic mass is 10.2. The van der Waals surface area contributed by atoms with E-state index in [1.807, 2.05) is 43.6 Å². The number of aromatic nitrogens is 3. The molecule has 0 saturated carbocycles. The van der Waals surface area contributed by atoms with Gasteiger partial charge in [0.25, 0.3) is 0 Å². The van der Waals surface area contributed by atoms with Crippen molar-refractivity contribution in [2.75, 3.05) is 18.0 Å². The smallest absolute Gasteiger partial charge is 0.153 e. The third-order valence-electron chi connectivity index (χ3n) is 2.70. The Morgan fingerprint density at radius 3 is 2.56 bits per heavy atom. The molecular formula is C12H18N4. The summed E-state index contributed by atoms with van der Waals surface area (Å²) < 4.78 is 1.90. The number of aryl methyl sites for hydroxylation is 1. The highest BCUT2D eigenvalue weighted by molar-refractivity contribution is 5.47. The van der Waals surface area contributed by atoms with Crippen molar-refractivity contribution in [3.8, 4) is 0 Å². The molecule has 1 aliphatic rings. The van der Waals surface area contributed by atoms with Crippen molar-refractivity contribution in [3.05, 3.63) is 24.0 Å². The van der Waals surface area contributed by atoms with Crippen LogP contribution in [0.25, 0.3) is 5.65 Å². The van der Waals surface area contributed by atoms with E-state index in [-0.39, 0.29) is 0 Å². The average molecular weight is 218 g/mol. The van der Waals surface area contributed by atoms with Gasteiger partial charge in [-0.15, -0.1) is 5.10 Å². The van der Waals surface area contributed by atoms with Crippen LogP contribution in [0.1, 0.15) is 26.0 Å². The van der Waals surface area contributed by atoms with Crippen LogP contribution in [0.5, 0.6) is 0 Å². The van der Waals surface area contributed by atoms with Crippen molar-refractivity contribution >= 4 is 11.5 Å². The first kappa shape index (κ1) is 10.9. The predicted molar refractivity (Wildman–Crippen MR) is 65.9 cm³/mol. The number of anilines is 1. The third-order valence-corrected chi connectivity index (χ3v) is 2.70. The molecular weight excluding hydrogens is 200 g/mol. The largest absolute Gasteiger partial charge is 0.355 e. The van der Waals surface area contributed by atoms with E-state index in [4.69, 9.17) is 0 Å². The molecule has 2 aromatic rings. The maximum atomic E-state index is 4.54. The van der Waals surface area contributed by atoms with Crippen LogP contribution >= 0.6 is 0 Å². The highest BCUT2D eigenvalue weighted by atomic mass is 15.3. The number of nitrogens with zero attached hydrogens (tertiary/aromatic N) is 4. The van der Waals surface area contributed by atoms with E-state index < -0.39 is 0 Å². The Balaban J connectivity index is 0.000000457. The summed E-state index contributed by atoms with van der Waals surface area (Å²) in [4.78, 5) is 6.52. The molecule has 0 spiro atoms. The summed E-state index contributed by atoms with van der Waals surface area (Å²) in [5.74, 6) is 1.06. The van der Waals surface area contributed by atoms with E-state index in [9.17, 15) is 0 Å². The molecule has 3 rings (SSSR count). The molecule has 2 aromatic heterocycles. The van der Waals surface area contributed by atoms with Gasteiger partial charge in [0.1, 0.15) is 5.82 Å². The van der Waals surface area contributed by atoms with Crippen molar-refractivity contribution in [3.63, 3.8) is 0 Å². The van der Waals surface area contributed by atoms with E-state index in [0.29, 0.717) is 0 Å². The first-order valence-electron chi connectivity index (χ1n) is 5.91. The van der Waals surface area contributed by atoms with E-state index in [2.05, 4.69) is 15.0 Å². The zero-order valence-corrected chi connectivity index (χ0v) is 10.1. The fraction of sp³-hybridized carbons (Fsp3) is 0.500. The quantitative estimate of drug-likeness (QED) is 0.736. The van der Waals surface area contributed by atoms with Crippen LogP contribution in [0, 0.1) is 6.92 Å². The van der Waals surface area contributed by atoms with Crippen molar-refractivity contribution in [1.29, 1.82) is 0 Å². The second kappa shape index (κ2) is 4.51. The summed E-state index contributed by atoms with van der Waals surface area (Å²) in [7, 11) is 0. The number of rotatable bonds is 1. The van der Waals surface area contributed by atoms with Gasteiger partial charge in [-0.1, -0.05) is 13.8 Å². The Bertz CT molecular complexity index is 471. The van der Waals surface area contributed by atoms with Gasteiger partial charge in [-0.25, -0.2) is 9.50 Å². The molecule has 1 saturated heterocycles. The summed E-state index contributed by atoms with van der Waals surface area (Å²) in [5, 5.41) is 4.54. The van der Waals surface area contributed by atoms with Gasteiger partial charge in [0.05, 0.1) is 11.9 Å². The SMILES string of the molecule is CC.Cc1cnc2ccc(N3CCC3)nn12. The minimum atomic E-state index is 0.923. The lowest BCUT2D eigenvalue weighted by molar-refractivity contribution is 0.602. The highest BCUT2D eigenvalue weighted by Crippen LogP contribution is 2.18. The molecule has 3 heterocycles. The van der Waals surface area contributed by atoms with Gasteiger partial charge in [0, 0.05) is 13.1 Å². The van der Waals surface area contributed by atoms with Crippen LogP contribution in [-0.4, -0.2) is 27.7 Å². The number of hydrogen-bond acceptors (Lipinski definition) is 3. The van der Waals surface area contributed by atoms with Crippen LogP contribution < -0.4 is 4.90 Å². The molecule has 1 fully saturated rings. The maximum Gasteiger partial charge on any atom is 0.153 e. The number of fused-ring (bicyclic) bond motifs is 1. The molecule has 0 N–H and O–H groups in total. The van der Waals surface area contributed by atoms with E-state index in [1.165, 1.54) is 6.42 Å². The monoisotopic (exact) mass is 218 g/mol. The van der Waals surface area contributed by atoms with Crippen LogP contribution in [0.4, 0.5) is 5.82 Å². The van der Waals surface area contributed by atoms with E-state index in [1.54, 1.807) is 0 Å². The fourth-order valence-corrected chi connectivity index (χ4v) is 1.69. The fourth-order valence-electron chi connectivity index (χ4n) is 1.69. The van der Waals surface area contributed by atoms with Crippen molar-refractivity contribution in [2.45, 2.75) is 27.2 Å². The Morgan fingerprint density at radius 2 is 1.94 bits per heavy atom. The third kappa shape index (κ3) is 1.75. The summed E-state index contributed by atoms with van der Waals surface area (Å²) in [6.45, 7) is 8.28. The number of imidazole rings is 1. The molecule has 4 nitrogen and oxygen atoms in total. The highest BCUT2D eigenvalue weighted by Gasteiger charge is 2.16. The average Bonchev–Trinajstić information content (AvgIpc) is 2.61. The summed E-state index contributed by atoms with van der Waals surface area (Å²) >= 11 is 0. The minimum Gasteiger partial charge on any atom is -0.355 e. The van der Waals surface area contributed by atoms with Crippen LogP contribution in [-0.2, 0) is 0 Å². The van der Waals surface area contributed by atoms with Crippen LogP contribution in [0.3, 0.4) is 0 Å². The first-order valence-corrected chi connectivity index (χ1v) is 5.91.